The number of ether oxygens (including phenoxy) is 1. The van der Waals surface area contributed by atoms with Crippen LogP contribution in [0.15, 0.2) is 53.0 Å². The van der Waals surface area contributed by atoms with Crippen LogP contribution in [0.1, 0.15) is 5.56 Å². The fourth-order valence-electron chi connectivity index (χ4n) is 1.35. The highest BCUT2D eigenvalue weighted by Crippen LogP contribution is 2.29. The predicted molar refractivity (Wildman–Crippen MR) is 70.2 cm³/mol. The molecule has 0 spiro atoms. The molecule has 3 heteroatoms. The van der Waals surface area contributed by atoms with Gasteiger partial charge in [0.15, 0.2) is 0 Å². The number of halogens is 2. The first-order valence-electron chi connectivity index (χ1n) is 4.87. The molecule has 82 valence electrons. The van der Waals surface area contributed by atoms with Gasteiger partial charge in [0.25, 0.3) is 0 Å². The van der Waals surface area contributed by atoms with Gasteiger partial charge in [0.1, 0.15) is 11.5 Å². The molecule has 0 aliphatic carbocycles. The lowest BCUT2D eigenvalue weighted by Gasteiger charge is -2.08. The molecule has 0 atom stereocenters. The van der Waals surface area contributed by atoms with Crippen LogP contribution in [0.5, 0.6) is 11.5 Å². The van der Waals surface area contributed by atoms with E-state index >= 15 is 0 Å². The van der Waals surface area contributed by atoms with E-state index in [-0.39, 0.29) is 0 Å². The van der Waals surface area contributed by atoms with Crippen LogP contribution in [0.25, 0.3) is 0 Å². The Balaban J connectivity index is 2.24. The maximum absolute atomic E-state index is 5.77. The van der Waals surface area contributed by atoms with Crippen LogP contribution in [0.2, 0.25) is 0 Å². The molecule has 0 N–H and O–H groups in total. The number of para-hydroxylation sites is 1. The molecule has 0 saturated carbocycles. The zero-order chi connectivity index (χ0) is 11.4. The fraction of sp³-hybridized carbons (Fsp3) is 0.0769. The van der Waals surface area contributed by atoms with Crippen LogP contribution >= 0.6 is 27.5 Å². The van der Waals surface area contributed by atoms with Gasteiger partial charge in [-0.2, -0.15) is 0 Å². The molecule has 0 heterocycles. The van der Waals surface area contributed by atoms with Gasteiger partial charge < -0.3 is 4.74 Å². The van der Waals surface area contributed by atoms with Crippen molar-refractivity contribution in [3.63, 3.8) is 0 Å². The molecule has 0 aromatic heterocycles. The average Bonchev–Trinajstić information content (AvgIpc) is 2.32. The molecule has 0 radical (unpaired) electrons. The third-order valence-electron chi connectivity index (χ3n) is 2.12. The number of rotatable bonds is 3. The number of hydrogen-bond donors (Lipinski definition) is 0. The second kappa shape index (κ2) is 5.37. The third-order valence-corrected chi connectivity index (χ3v) is 3.08. The van der Waals surface area contributed by atoms with Gasteiger partial charge in [-0.3, -0.25) is 0 Å². The second-order valence-electron chi connectivity index (χ2n) is 3.31. The molecule has 2 aromatic carbocycles. The first kappa shape index (κ1) is 11.5. The summed E-state index contributed by atoms with van der Waals surface area (Å²) in [6.07, 6.45) is 0. The monoisotopic (exact) mass is 296 g/mol. The lowest BCUT2D eigenvalue weighted by atomic mass is 10.2. The second-order valence-corrected chi connectivity index (χ2v) is 4.44. The van der Waals surface area contributed by atoms with E-state index in [0.29, 0.717) is 5.88 Å². The van der Waals surface area contributed by atoms with Crippen molar-refractivity contribution in [3.8, 4) is 11.5 Å². The quantitative estimate of drug-likeness (QED) is 0.726. The van der Waals surface area contributed by atoms with Gasteiger partial charge in [0, 0.05) is 5.88 Å². The van der Waals surface area contributed by atoms with Crippen molar-refractivity contribution in [2.75, 3.05) is 0 Å². The minimum atomic E-state index is 0.493. The molecule has 16 heavy (non-hydrogen) atoms. The summed E-state index contributed by atoms with van der Waals surface area (Å²) >= 11 is 9.21. The molecule has 1 nitrogen and oxygen atoms in total. The summed E-state index contributed by atoms with van der Waals surface area (Å²) < 4.78 is 6.68. The Morgan fingerprint density at radius 3 is 2.62 bits per heavy atom. The maximum Gasteiger partial charge on any atom is 0.141 e. The van der Waals surface area contributed by atoms with Crippen LogP contribution in [0, 0.1) is 0 Å². The lowest BCUT2D eigenvalue weighted by molar-refractivity contribution is 0.479. The zero-order valence-electron chi connectivity index (χ0n) is 8.49. The van der Waals surface area contributed by atoms with Crippen molar-refractivity contribution in [2.24, 2.45) is 0 Å². The van der Waals surface area contributed by atoms with Gasteiger partial charge in [-0.1, -0.05) is 24.3 Å². The molecular formula is C13H10BrClO. The van der Waals surface area contributed by atoms with Crippen molar-refractivity contribution in [2.45, 2.75) is 5.88 Å². The Kier molecular flexibility index (Phi) is 3.86. The zero-order valence-corrected chi connectivity index (χ0v) is 10.8. The SMILES string of the molecule is ClCc1cccc(Oc2ccccc2Br)c1. The van der Waals surface area contributed by atoms with E-state index in [4.69, 9.17) is 16.3 Å². The molecule has 0 aliphatic rings. The van der Waals surface area contributed by atoms with E-state index in [0.717, 1.165) is 21.5 Å². The van der Waals surface area contributed by atoms with Crippen LogP contribution in [-0.2, 0) is 5.88 Å². The highest BCUT2D eigenvalue weighted by atomic mass is 79.9. The average molecular weight is 298 g/mol. The molecule has 0 amide bonds. The Bertz CT molecular complexity index is 485. The van der Waals surface area contributed by atoms with Gasteiger partial charge in [-0.15, -0.1) is 11.6 Å². The number of alkyl halides is 1. The molecule has 0 saturated heterocycles. The largest absolute Gasteiger partial charge is 0.456 e. The van der Waals surface area contributed by atoms with Gasteiger partial charge >= 0.3 is 0 Å². The van der Waals surface area contributed by atoms with Gasteiger partial charge in [0.05, 0.1) is 4.47 Å². The van der Waals surface area contributed by atoms with Gasteiger partial charge in [-0.05, 0) is 45.8 Å². The van der Waals surface area contributed by atoms with E-state index in [9.17, 15) is 0 Å². The van der Waals surface area contributed by atoms with Crippen molar-refractivity contribution in [1.29, 1.82) is 0 Å². The normalized spacial score (nSPS) is 10.1. The van der Waals surface area contributed by atoms with E-state index < -0.39 is 0 Å². The highest BCUT2D eigenvalue weighted by molar-refractivity contribution is 9.10. The maximum atomic E-state index is 5.77. The number of hydrogen-bond acceptors (Lipinski definition) is 1. The van der Waals surface area contributed by atoms with Crippen molar-refractivity contribution in [1.82, 2.24) is 0 Å². The molecular weight excluding hydrogens is 287 g/mol. The molecule has 0 unspecified atom stereocenters. The topological polar surface area (TPSA) is 9.23 Å². The van der Waals surface area contributed by atoms with Crippen molar-refractivity contribution < 1.29 is 4.74 Å². The molecule has 2 aromatic rings. The summed E-state index contributed by atoms with van der Waals surface area (Å²) in [5.41, 5.74) is 1.05. The summed E-state index contributed by atoms with van der Waals surface area (Å²) in [5, 5.41) is 0. The summed E-state index contributed by atoms with van der Waals surface area (Å²) in [6, 6.07) is 15.5. The number of benzene rings is 2. The Morgan fingerprint density at radius 1 is 1.06 bits per heavy atom. The first-order chi connectivity index (χ1) is 7.79. The summed E-state index contributed by atoms with van der Waals surface area (Å²) in [7, 11) is 0. The summed E-state index contributed by atoms with van der Waals surface area (Å²) in [6.45, 7) is 0. The van der Waals surface area contributed by atoms with E-state index in [2.05, 4.69) is 15.9 Å². The summed E-state index contributed by atoms with van der Waals surface area (Å²) in [4.78, 5) is 0. The van der Waals surface area contributed by atoms with Gasteiger partial charge in [-0.25, -0.2) is 0 Å². The Morgan fingerprint density at radius 2 is 1.88 bits per heavy atom. The van der Waals surface area contributed by atoms with Crippen LogP contribution in [-0.4, -0.2) is 0 Å². The van der Waals surface area contributed by atoms with E-state index in [1.54, 1.807) is 0 Å². The molecule has 0 aliphatic heterocycles. The van der Waals surface area contributed by atoms with Crippen molar-refractivity contribution in [3.05, 3.63) is 58.6 Å². The van der Waals surface area contributed by atoms with E-state index in [1.165, 1.54) is 0 Å². The Labute approximate surface area is 108 Å². The molecule has 0 fully saturated rings. The van der Waals surface area contributed by atoms with Crippen LogP contribution in [0.4, 0.5) is 0 Å². The lowest BCUT2D eigenvalue weighted by Crippen LogP contribution is -1.86. The smallest absolute Gasteiger partial charge is 0.141 e. The van der Waals surface area contributed by atoms with Crippen LogP contribution < -0.4 is 4.74 Å². The Hall–Kier alpha value is -0.990. The highest BCUT2D eigenvalue weighted by Gasteiger charge is 2.01. The molecule has 2 rings (SSSR count). The minimum absolute atomic E-state index is 0.493. The first-order valence-corrected chi connectivity index (χ1v) is 6.19. The van der Waals surface area contributed by atoms with E-state index in [1.807, 2.05) is 48.5 Å². The van der Waals surface area contributed by atoms with Gasteiger partial charge in [0.2, 0.25) is 0 Å². The standard InChI is InChI=1S/C13H10BrClO/c14-12-6-1-2-7-13(12)16-11-5-3-4-10(8-11)9-15/h1-8H,9H2. The predicted octanol–water partition coefficient (Wildman–Crippen LogP) is 4.98. The fourth-order valence-corrected chi connectivity index (χ4v) is 1.88. The van der Waals surface area contributed by atoms with Crippen LogP contribution in [0.3, 0.4) is 0 Å². The summed E-state index contributed by atoms with van der Waals surface area (Å²) in [5.74, 6) is 2.09. The molecule has 0 bridgehead atoms. The minimum Gasteiger partial charge on any atom is -0.456 e. The van der Waals surface area contributed by atoms with Crippen molar-refractivity contribution >= 4 is 27.5 Å². The third kappa shape index (κ3) is 2.77.